The SMILES string of the molecule is [C-]#[N+]c1c(Nc2ccc(CN3CCN(CC)CC3)cc2)ncnc1Oc1ccc2c(c1F)C=C(C)C2. The molecule has 1 aliphatic carbocycles. The number of allylic oxidation sites excluding steroid dienone is 1. The van der Waals surface area contributed by atoms with Gasteiger partial charge in [-0.25, -0.2) is 19.2 Å². The number of hydrogen-bond donors (Lipinski definition) is 1. The zero-order valence-corrected chi connectivity index (χ0v) is 20.6. The maximum atomic E-state index is 15.0. The molecule has 8 heteroatoms. The Balaban J connectivity index is 1.29. The summed E-state index contributed by atoms with van der Waals surface area (Å²) in [5.74, 6) is -0.0721. The highest BCUT2D eigenvalue weighted by molar-refractivity contribution is 5.75. The van der Waals surface area contributed by atoms with Crippen molar-refractivity contribution in [3.05, 3.63) is 82.2 Å². The number of nitrogens with zero attached hydrogens (tertiary/aromatic N) is 5. The van der Waals surface area contributed by atoms with Gasteiger partial charge in [0.15, 0.2) is 11.6 Å². The van der Waals surface area contributed by atoms with E-state index in [1.54, 1.807) is 6.07 Å². The number of ether oxygens (including phenoxy) is 1. The summed E-state index contributed by atoms with van der Waals surface area (Å²) in [6, 6.07) is 11.6. The molecule has 1 aromatic heterocycles. The van der Waals surface area contributed by atoms with Crippen LogP contribution in [0.3, 0.4) is 0 Å². The second kappa shape index (κ2) is 10.4. The molecule has 184 valence electrons. The van der Waals surface area contributed by atoms with Crippen molar-refractivity contribution in [1.29, 1.82) is 0 Å². The number of fused-ring (bicyclic) bond motifs is 1. The van der Waals surface area contributed by atoms with Crippen LogP contribution in [0.25, 0.3) is 10.9 Å². The Hall–Kier alpha value is -3.80. The van der Waals surface area contributed by atoms with Gasteiger partial charge in [0.05, 0.1) is 6.57 Å². The number of rotatable bonds is 7. The predicted molar refractivity (Wildman–Crippen MR) is 139 cm³/mol. The summed E-state index contributed by atoms with van der Waals surface area (Å²) in [5.41, 5.74) is 4.70. The number of piperazine rings is 1. The number of nitrogens with one attached hydrogen (secondary N) is 1. The molecule has 1 fully saturated rings. The van der Waals surface area contributed by atoms with Crippen molar-refractivity contribution in [1.82, 2.24) is 19.8 Å². The standard InChI is InChI=1S/C28H29FN6O/c1-4-34-11-13-35(14-12-34)17-20-5-8-22(9-6-20)33-27-26(30-3)28(32-18-31-27)36-24-10-7-21-15-19(2)16-23(21)25(24)29/h5-10,16,18H,4,11-15,17H2,1-2H3,(H,31,32,33). The van der Waals surface area contributed by atoms with Crippen LogP contribution in [-0.4, -0.2) is 52.5 Å². The van der Waals surface area contributed by atoms with Gasteiger partial charge in [0.1, 0.15) is 12.1 Å². The van der Waals surface area contributed by atoms with Crippen molar-refractivity contribution in [2.45, 2.75) is 26.8 Å². The smallest absolute Gasteiger partial charge is 0.288 e. The zero-order valence-electron chi connectivity index (χ0n) is 20.6. The summed E-state index contributed by atoms with van der Waals surface area (Å²) in [6.07, 6.45) is 3.87. The third kappa shape index (κ3) is 5.08. The van der Waals surface area contributed by atoms with Crippen LogP contribution in [0.4, 0.5) is 21.6 Å². The minimum Gasteiger partial charge on any atom is -0.446 e. The van der Waals surface area contributed by atoms with E-state index >= 15 is 4.39 Å². The fourth-order valence-electron chi connectivity index (χ4n) is 4.69. The van der Waals surface area contributed by atoms with Gasteiger partial charge in [0.25, 0.3) is 5.69 Å². The predicted octanol–water partition coefficient (Wildman–Crippen LogP) is 5.80. The molecular formula is C28H29FN6O. The molecule has 0 atom stereocenters. The van der Waals surface area contributed by atoms with E-state index in [9.17, 15) is 0 Å². The Morgan fingerprint density at radius 3 is 2.53 bits per heavy atom. The highest BCUT2D eigenvalue weighted by Gasteiger charge is 2.21. The molecule has 0 radical (unpaired) electrons. The average Bonchev–Trinajstić information content (AvgIpc) is 3.29. The summed E-state index contributed by atoms with van der Waals surface area (Å²) >= 11 is 0. The Morgan fingerprint density at radius 1 is 1.06 bits per heavy atom. The third-order valence-corrected chi connectivity index (χ3v) is 6.74. The average molecular weight is 485 g/mol. The minimum atomic E-state index is -0.444. The number of anilines is 2. The number of halogens is 1. The first-order valence-corrected chi connectivity index (χ1v) is 12.2. The maximum Gasteiger partial charge on any atom is 0.288 e. The van der Waals surface area contributed by atoms with Gasteiger partial charge in [-0.3, -0.25) is 4.90 Å². The molecule has 1 aliphatic heterocycles. The molecule has 0 bridgehead atoms. The van der Waals surface area contributed by atoms with Gasteiger partial charge in [0.2, 0.25) is 5.88 Å². The van der Waals surface area contributed by atoms with Crippen LogP contribution in [-0.2, 0) is 13.0 Å². The van der Waals surface area contributed by atoms with E-state index in [0.717, 1.165) is 62.5 Å². The first-order valence-electron chi connectivity index (χ1n) is 12.2. The molecule has 2 aromatic carbocycles. The molecule has 7 nitrogen and oxygen atoms in total. The Kier molecular flexibility index (Phi) is 6.94. The third-order valence-electron chi connectivity index (χ3n) is 6.74. The quantitative estimate of drug-likeness (QED) is 0.428. The molecule has 0 spiro atoms. The lowest BCUT2D eigenvalue weighted by Crippen LogP contribution is -2.45. The first kappa shape index (κ1) is 23.9. The molecule has 1 saturated heterocycles. The van der Waals surface area contributed by atoms with Crippen LogP contribution in [0.5, 0.6) is 11.6 Å². The highest BCUT2D eigenvalue weighted by Crippen LogP contribution is 2.39. The topological polar surface area (TPSA) is 57.9 Å². The second-order valence-corrected chi connectivity index (χ2v) is 9.24. The molecule has 0 saturated carbocycles. The van der Waals surface area contributed by atoms with E-state index in [1.165, 1.54) is 11.9 Å². The van der Waals surface area contributed by atoms with Crippen LogP contribution < -0.4 is 10.1 Å². The molecule has 0 amide bonds. The number of aromatic nitrogens is 2. The van der Waals surface area contributed by atoms with Gasteiger partial charge in [-0.2, -0.15) is 0 Å². The van der Waals surface area contributed by atoms with E-state index in [0.29, 0.717) is 11.4 Å². The largest absolute Gasteiger partial charge is 0.446 e. The second-order valence-electron chi connectivity index (χ2n) is 9.24. The van der Waals surface area contributed by atoms with Gasteiger partial charge in [-0.1, -0.05) is 36.8 Å². The molecule has 2 aliphatic rings. The van der Waals surface area contributed by atoms with Crippen LogP contribution >= 0.6 is 0 Å². The van der Waals surface area contributed by atoms with Crippen LogP contribution in [0.2, 0.25) is 0 Å². The first-order chi connectivity index (χ1) is 17.5. The van der Waals surface area contributed by atoms with Crippen LogP contribution in [0.15, 0.2) is 48.3 Å². The fourth-order valence-corrected chi connectivity index (χ4v) is 4.69. The van der Waals surface area contributed by atoms with E-state index in [1.807, 2.05) is 31.2 Å². The van der Waals surface area contributed by atoms with Crippen LogP contribution in [0, 0.1) is 12.4 Å². The van der Waals surface area contributed by atoms with Gasteiger partial charge >= 0.3 is 0 Å². The van der Waals surface area contributed by atoms with E-state index in [4.69, 9.17) is 11.3 Å². The Labute approximate surface area is 211 Å². The Bertz CT molecular complexity index is 1320. The van der Waals surface area contributed by atoms with E-state index in [2.05, 4.69) is 49.0 Å². The summed E-state index contributed by atoms with van der Waals surface area (Å²) in [6.45, 7) is 18.2. The zero-order chi connectivity index (χ0) is 25.1. The molecule has 2 heterocycles. The lowest BCUT2D eigenvalue weighted by atomic mass is 10.1. The van der Waals surface area contributed by atoms with Gasteiger partial charge < -0.3 is 15.0 Å². The summed E-state index contributed by atoms with van der Waals surface area (Å²) in [5, 5.41) is 3.19. The van der Waals surface area contributed by atoms with Crippen molar-refractivity contribution in [2.75, 3.05) is 38.0 Å². The monoisotopic (exact) mass is 484 g/mol. The molecular weight excluding hydrogens is 455 g/mol. The molecule has 0 unspecified atom stereocenters. The lowest BCUT2D eigenvalue weighted by molar-refractivity contribution is 0.132. The maximum absolute atomic E-state index is 15.0. The molecule has 36 heavy (non-hydrogen) atoms. The summed E-state index contributed by atoms with van der Waals surface area (Å²) < 4.78 is 20.8. The molecule has 1 N–H and O–H groups in total. The minimum absolute atomic E-state index is 0.0166. The lowest BCUT2D eigenvalue weighted by Gasteiger charge is -2.34. The van der Waals surface area contributed by atoms with Crippen LogP contribution in [0.1, 0.15) is 30.5 Å². The van der Waals surface area contributed by atoms with Crippen molar-refractivity contribution in [2.24, 2.45) is 0 Å². The number of likely N-dealkylation sites (N-methyl/N-ethyl adjacent to an activating group) is 1. The Morgan fingerprint density at radius 2 is 1.81 bits per heavy atom. The van der Waals surface area contributed by atoms with Crippen molar-refractivity contribution >= 4 is 23.3 Å². The normalized spacial score (nSPS) is 15.8. The van der Waals surface area contributed by atoms with Crippen molar-refractivity contribution in [3.8, 4) is 11.6 Å². The molecule has 5 rings (SSSR count). The van der Waals surface area contributed by atoms with Gasteiger partial charge in [0, 0.05) is 44.0 Å². The summed E-state index contributed by atoms with van der Waals surface area (Å²) in [7, 11) is 0. The summed E-state index contributed by atoms with van der Waals surface area (Å²) in [4.78, 5) is 16.9. The van der Waals surface area contributed by atoms with Gasteiger partial charge in [-0.05, 0) is 49.2 Å². The van der Waals surface area contributed by atoms with E-state index in [-0.39, 0.29) is 17.3 Å². The molecule has 3 aromatic rings. The highest BCUT2D eigenvalue weighted by atomic mass is 19.1. The van der Waals surface area contributed by atoms with Crippen molar-refractivity contribution in [3.63, 3.8) is 0 Å². The number of benzene rings is 2. The fraction of sp³-hybridized carbons (Fsp3) is 0.321. The van der Waals surface area contributed by atoms with Gasteiger partial charge in [-0.15, -0.1) is 0 Å². The number of hydrogen-bond acceptors (Lipinski definition) is 6. The van der Waals surface area contributed by atoms with E-state index < -0.39 is 5.82 Å². The van der Waals surface area contributed by atoms with Crippen molar-refractivity contribution < 1.29 is 9.13 Å².